The molecule has 2 atom stereocenters. The highest BCUT2D eigenvalue weighted by Crippen LogP contribution is 2.38. The molecule has 15 heteroatoms. The summed E-state index contributed by atoms with van der Waals surface area (Å²) < 4.78 is 29.8. The number of hydrogen-bond donors (Lipinski definition) is 2. The quantitative estimate of drug-likeness (QED) is 0.311. The van der Waals surface area contributed by atoms with E-state index in [0.717, 1.165) is 12.1 Å². The number of amides is 4. The van der Waals surface area contributed by atoms with Crippen molar-refractivity contribution in [3.05, 3.63) is 57.6 Å². The molecule has 1 fully saturated rings. The summed E-state index contributed by atoms with van der Waals surface area (Å²) in [5.74, 6) is -7.27. The lowest BCUT2D eigenvalue weighted by atomic mass is 9.56. The molecule has 2 unspecified atom stereocenters. The molecule has 0 aromatic heterocycles. The molecule has 2 N–H and O–H groups in total. The minimum absolute atomic E-state index is 0.126. The molecule has 4 rings (SSSR count). The van der Waals surface area contributed by atoms with Crippen molar-refractivity contribution in [1.29, 1.82) is 0 Å². The standard InChI is InChI=1S/C22H23B5ClF2N3O4/c23-15-10(17(25)32-20(37)21(29,30)8-1-3-9(28)4-2-8)7-11-14(16(15)24)19(36)33(22(11,26)27)12-5-6-13(34)31-18(12)35/h1-4,7,12,17H,5-6,23-27H2,(H,32,37)(H,31,34,35). The van der Waals surface area contributed by atoms with Crippen molar-refractivity contribution in [1.82, 2.24) is 15.5 Å². The highest BCUT2D eigenvalue weighted by atomic mass is 35.5. The van der Waals surface area contributed by atoms with Gasteiger partial charge in [0.1, 0.15) is 45.3 Å². The number of carbonyl (C=O) groups is 4. The van der Waals surface area contributed by atoms with E-state index in [1.807, 2.05) is 0 Å². The van der Waals surface area contributed by atoms with Gasteiger partial charge in [-0.1, -0.05) is 40.7 Å². The average Bonchev–Trinajstić information content (AvgIpc) is 3.01. The summed E-state index contributed by atoms with van der Waals surface area (Å²) >= 11 is 5.78. The SMILES string of the molecule is Bc1c(C(B)NC(=O)C(F)(F)c2ccc(Cl)cc2)cc2c(c1B)C(=O)N(C1CCC(=O)NC1=O)C2(B)B. The number of hydrogen-bond acceptors (Lipinski definition) is 4. The Morgan fingerprint density at radius 3 is 2.38 bits per heavy atom. The largest absolute Gasteiger partial charge is 0.352 e. The van der Waals surface area contributed by atoms with Crippen LogP contribution in [0.3, 0.4) is 0 Å². The maximum atomic E-state index is 14.9. The van der Waals surface area contributed by atoms with Crippen LogP contribution in [0, 0.1) is 0 Å². The molecule has 37 heavy (non-hydrogen) atoms. The Bertz CT molecular complexity index is 1340. The van der Waals surface area contributed by atoms with Crippen LogP contribution in [0.15, 0.2) is 30.3 Å². The summed E-state index contributed by atoms with van der Waals surface area (Å²) in [5, 5.41) is 4.07. The van der Waals surface area contributed by atoms with E-state index in [9.17, 15) is 28.0 Å². The van der Waals surface area contributed by atoms with E-state index >= 15 is 0 Å². The van der Waals surface area contributed by atoms with Crippen LogP contribution >= 0.6 is 11.6 Å². The molecule has 0 aliphatic carbocycles. The van der Waals surface area contributed by atoms with Crippen molar-refractivity contribution in [2.24, 2.45) is 0 Å². The topological polar surface area (TPSA) is 95.6 Å². The van der Waals surface area contributed by atoms with Gasteiger partial charge >= 0.3 is 5.92 Å². The lowest BCUT2D eigenvalue weighted by molar-refractivity contribution is -0.147. The van der Waals surface area contributed by atoms with Crippen molar-refractivity contribution < 1.29 is 28.0 Å². The number of nitrogens with zero attached hydrogens (tertiary/aromatic N) is 1. The van der Waals surface area contributed by atoms with Crippen molar-refractivity contribution >= 4 is 85.4 Å². The van der Waals surface area contributed by atoms with Crippen LogP contribution < -0.4 is 21.6 Å². The molecule has 0 saturated carbocycles. The monoisotopic (exact) mass is 521 g/mol. The van der Waals surface area contributed by atoms with Crippen LogP contribution in [-0.4, -0.2) is 73.8 Å². The minimum Gasteiger partial charge on any atom is -0.352 e. The van der Waals surface area contributed by atoms with Gasteiger partial charge in [-0.15, -0.1) is 0 Å². The molecule has 2 heterocycles. The lowest BCUT2D eigenvalue weighted by Gasteiger charge is -2.40. The Morgan fingerprint density at radius 1 is 1.16 bits per heavy atom. The highest BCUT2D eigenvalue weighted by molar-refractivity contribution is 6.53. The number of imide groups is 1. The molecule has 2 aliphatic heterocycles. The van der Waals surface area contributed by atoms with E-state index in [1.165, 1.54) is 17.0 Å². The van der Waals surface area contributed by atoms with E-state index in [2.05, 4.69) is 10.6 Å². The Kier molecular flexibility index (Phi) is 6.86. The van der Waals surface area contributed by atoms with Gasteiger partial charge in [-0.2, -0.15) is 8.78 Å². The maximum absolute atomic E-state index is 14.9. The van der Waals surface area contributed by atoms with E-state index < -0.39 is 40.6 Å². The van der Waals surface area contributed by atoms with E-state index in [-0.39, 0.29) is 29.7 Å². The van der Waals surface area contributed by atoms with E-state index in [1.54, 1.807) is 45.3 Å². The molecule has 0 bridgehead atoms. The average molecular weight is 521 g/mol. The van der Waals surface area contributed by atoms with Crippen LogP contribution in [0.5, 0.6) is 0 Å². The Morgan fingerprint density at radius 2 is 1.78 bits per heavy atom. The van der Waals surface area contributed by atoms with Gasteiger partial charge in [-0.3, -0.25) is 24.5 Å². The van der Waals surface area contributed by atoms with Crippen LogP contribution in [-0.2, 0) is 25.6 Å². The van der Waals surface area contributed by atoms with Gasteiger partial charge in [0.05, 0.1) is 0 Å². The molecular formula is C22H23B5ClF2N3O4. The highest BCUT2D eigenvalue weighted by Gasteiger charge is 2.50. The first-order valence-corrected chi connectivity index (χ1v) is 12.3. The number of fused-ring (bicyclic) bond motifs is 1. The van der Waals surface area contributed by atoms with Gasteiger partial charge in [0.25, 0.3) is 11.8 Å². The van der Waals surface area contributed by atoms with Gasteiger partial charge in [0.2, 0.25) is 11.8 Å². The van der Waals surface area contributed by atoms with Gasteiger partial charge in [-0.05, 0) is 29.7 Å². The first-order chi connectivity index (χ1) is 17.2. The Balaban J connectivity index is 1.67. The van der Waals surface area contributed by atoms with Gasteiger partial charge in [0.15, 0.2) is 0 Å². The Hall–Kier alpha value is -3.01. The van der Waals surface area contributed by atoms with Crippen molar-refractivity contribution in [3.8, 4) is 0 Å². The first-order valence-electron chi connectivity index (χ1n) is 11.9. The zero-order valence-electron chi connectivity index (χ0n) is 21.2. The zero-order chi connectivity index (χ0) is 27.4. The molecule has 4 amide bonds. The van der Waals surface area contributed by atoms with Gasteiger partial charge in [0, 0.05) is 33.8 Å². The third-order valence-corrected chi connectivity index (χ3v) is 7.71. The normalized spacial score (nSPS) is 19.8. The fourth-order valence-electron chi connectivity index (χ4n) is 5.27. The zero-order valence-corrected chi connectivity index (χ0v) is 21.9. The third-order valence-electron chi connectivity index (χ3n) is 7.46. The molecule has 1 saturated heterocycles. The number of nitrogens with one attached hydrogen (secondary N) is 2. The fourth-order valence-corrected chi connectivity index (χ4v) is 5.39. The van der Waals surface area contributed by atoms with Crippen LogP contribution in [0.25, 0.3) is 0 Å². The van der Waals surface area contributed by atoms with Gasteiger partial charge in [-0.25, -0.2) is 0 Å². The van der Waals surface area contributed by atoms with Crippen LogP contribution in [0.1, 0.15) is 45.8 Å². The van der Waals surface area contributed by atoms with Gasteiger partial charge < -0.3 is 10.2 Å². The summed E-state index contributed by atoms with van der Waals surface area (Å²) in [6.45, 7) is 0. The predicted octanol–water partition coefficient (Wildman–Crippen LogP) is -3.97. The van der Waals surface area contributed by atoms with Crippen molar-refractivity contribution in [2.45, 2.75) is 36.1 Å². The van der Waals surface area contributed by atoms with E-state index in [4.69, 9.17) is 11.6 Å². The smallest absolute Gasteiger partial charge is 0.349 e. The molecule has 7 nitrogen and oxygen atoms in total. The second-order valence-corrected chi connectivity index (χ2v) is 10.6. The van der Waals surface area contributed by atoms with Crippen molar-refractivity contribution in [2.75, 3.05) is 0 Å². The molecule has 2 aliphatic rings. The maximum Gasteiger partial charge on any atom is 0.349 e. The van der Waals surface area contributed by atoms with Crippen LogP contribution in [0.4, 0.5) is 8.78 Å². The second-order valence-electron chi connectivity index (χ2n) is 10.1. The van der Waals surface area contributed by atoms with E-state index in [0.29, 0.717) is 27.6 Å². The third kappa shape index (κ3) is 4.49. The minimum atomic E-state index is -3.78. The number of piperidine rings is 1. The predicted molar refractivity (Wildman–Crippen MR) is 149 cm³/mol. The summed E-state index contributed by atoms with van der Waals surface area (Å²) in [6, 6.07) is 5.73. The Labute approximate surface area is 222 Å². The molecule has 2 aromatic carbocycles. The summed E-state index contributed by atoms with van der Waals surface area (Å²) in [5.41, 5.74) is 2.51. The number of benzene rings is 2. The van der Waals surface area contributed by atoms with Crippen molar-refractivity contribution in [3.63, 3.8) is 0 Å². The van der Waals surface area contributed by atoms with Crippen LogP contribution in [0.2, 0.25) is 5.02 Å². The molecule has 0 radical (unpaired) electrons. The fraction of sp³-hybridized carbons (Fsp3) is 0.273. The second kappa shape index (κ2) is 9.38. The molecular weight excluding hydrogens is 498 g/mol. The lowest BCUT2D eigenvalue weighted by Crippen LogP contribution is -2.59. The molecule has 0 spiro atoms. The number of carbonyl (C=O) groups excluding carboxylic acids is 4. The number of alkyl halides is 2. The number of rotatable bonds is 5. The summed E-state index contributed by atoms with van der Waals surface area (Å²) in [4.78, 5) is 51.9. The first kappa shape index (κ1) is 27.0. The summed E-state index contributed by atoms with van der Waals surface area (Å²) in [6.07, 6.45) is 0.339. The molecule has 2 aromatic rings. The summed E-state index contributed by atoms with van der Waals surface area (Å²) in [7, 11) is 8.73. The molecule has 186 valence electrons. The number of halogens is 3.